The summed E-state index contributed by atoms with van der Waals surface area (Å²) in [6.45, 7) is 4.93. The number of nitrogens with one attached hydrogen (secondary N) is 1. The Bertz CT molecular complexity index is 675. The van der Waals surface area contributed by atoms with E-state index >= 15 is 0 Å². The van der Waals surface area contributed by atoms with E-state index in [-0.39, 0.29) is 12.3 Å². The highest BCUT2D eigenvalue weighted by molar-refractivity contribution is 7.13. The molecule has 0 unspecified atom stereocenters. The number of amides is 1. The van der Waals surface area contributed by atoms with E-state index in [1.807, 2.05) is 36.6 Å². The summed E-state index contributed by atoms with van der Waals surface area (Å²) in [4.78, 5) is 16.6. The van der Waals surface area contributed by atoms with Crippen molar-refractivity contribution in [2.75, 3.05) is 40.1 Å². The monoisotopic (exact) mass is 378 g/mol. The normalized spacial score (nSPS) is 10.7. The molecule has 2 rings (SSSR count). The summed E-state index contributed by atoms with van der Waals surface area (Å²) in [5.74, 6) is 0.783. The van der Waals surface area contributed by atoms with Gasteiger partial charge in [0.2, 0.25) is 5.91 Å². The topological polar surface area (TPSA) is 69.7 Å². The number of nitrogens with zero attached hydrogens (tertiary/aromatic N) is 1. The van der Waals surface area contributed by atoms with Crippen molar-refractivity contribution in [3.63, 3.8) is 0 Å². The van der Waals surface area contributed by atoms with Gasteiger partial charge in [0.15, 0.2) is 0 Å². The van der Waals surface area contributed by atoms with Crippen LogP contribution in [0.25, 0.3) is 10.6 Å². The van der Waals surface area contributed by atoms with Crippen LogP contribution in [0.2, 0.25) is 0 Å². The molecular formula is C19H26N2O4S. The second-order valence-electron chi connectivity index (χ2n) is 5.56. The second-order valence-corrected chi connectivity index (χ2v) is 6.42. The summed E-state index contributed by atoms with van der Waals surface area (Å²) >= 11 is 1.52. The van der Waals surface area contributed by atoms with Crippen molar-refractivity contribution in [2.45, 2.75) is 19.8 Å². The number of para-hydroxylation sites is 1. The highest BCUT2D eigenvalue weighted by atomic mass is 32.1. The van der Waals surface area contributed by atoms with Gasteiger partial charge in [-0.2, -0.15) is 0 Å². The lowest BCUT2D eigenvalue weighted by molar-refractivity contribution is -0.120. The summed E-state index contributed by atoms with van der Waals surface area (Å²) < 4.78 is 15.9. The second kappa shape index (κ2) is 11.6. The number of carbonyl (C=O) groups is 1. The first-order valence-corrected chi connectivity index (χ1v) is 9.62. The largest absolute Gasteiger partial charge is 0.493 e. The Labute approximate surface area is 158 Å². The van der Waals surface area contributed by atoms with E-state index in [1.165, 1.54) is 11.3 Å². The quantitative estimate of drug-likeness (QED) is 0.575. The maximum Gasteiger partial charge on any atom is 0.226 e. The number of rotatable bonds is 12. The predicted molar refractivity (Wildman–Crippen MR) is 103 cm³/mol. The number of benzene rings is 1. The van der Waals surface area contributed by atoms with Crippen LogP contribution >= 0.6 is 11.3 Å². The van der Waals surface area contributed by atoms with Crippen molar-refractivity contribution in [1.82, 2.24) is 10.3 Å². The van der Waals surface area contributed by atoms with E-state index in [1.54, 1.807) is 7.11 Å². The molecule has 1 N–H and O–H groups in total. The Kier molecular flexibility index (Phi) is 9.09. The summed E-state index contributed by atoms with van der Waals surface area (Å²) in [5, 5.41) is 5.68. The first-order valence-electron chi connectivity index (χ1n) is 8.74. The molecule has 0 radical (unpaired) electrons. The zero-order valence-electron chi connectivity index (χ0n) is 15.3. The number of hydrogen-bond donors (Lipinski definition) is 1. The highest BCUT2D eigenvalue weighted by Crippen LogP contribution is 2.32. The lowest BCUT2D eigenvalue weighted by atomic mass is 10.2. The van der Waals surface area contributed by atoms with Crippen LogP contribution in [0.1, 0.15) is 19.0 Å². The molecule has 0 bridgehead atoms. The number of hydrogen-bond acceptors (Lipinski definition) is 6. The van der Waals surface area contributed by atoms with Gasteiger partial charge in [-0.25, -0.2) is 4.98 Å². The molecule has 1 heterocycles. The lowest BCUT2D eigenvalue weighted by Gasteiger charge is -2.07. The molecule has 0 saturated heterocycles. The Morgan fingerprint density at radius 3 is 2.88 bits per heavy atom. The van der Waals surface area contributed by atoms with Gasteiger partial charge < -0.3 is 19.5 Å². The molecule has 0 aliphatic carbocycles. The molecule has 1 aromatic heterocycles. The molecule has 0 aliphatic rings. The molecule has 0 fully saturated rings. The SMILES string of the molecule is CCOc1ccccc1-c1nc(CC(=O)NCCCOCCOC)cs1. The van der Waals surface area contributed by atoms with Crippen molar-refractivity contribution in [3.05, 3.63) is 35.3 Å². The van der Waals surface area contributed by atoms with Gasteiger partial charge in [0.1, 0.15) is 10.8 Å². The fourth-order valence-corrected chi connectivity index (χ4v) is 3.16. The van der Waals surface area contributed by atoms with Gasteiger partial charge in [0, 0.05) is 25.6 Å². The number of aromatic nitrogens is 1. The smallest absolute Gasteiger partial charge is 0.226 e. The van der Waals surface area contributed by atoms with E-state index in [9.17, 15) is 4.79 Å². The van der Waals surface area contributed by atoms with Crippen LogP contribution in [0.15, 0.2) is 29.6 Å². The molecule has 1 amide bonds. The van der Waals surface area contributed by atoms with E-state index in [0.717, 1.165) is 28.4 Å². The van der Waals surface area contributed by atoms with Gasteiger partial charge in [-0.3, -0.25) is 4.79 Å². The molecule has 0 atom stereocenters. The van der Waals surface area contributed by atoms with Crippen LogP contribution in [0.3, 0.4) is 0 Å². The minimum atomic E-state index is -0.0307. The van der Waals surface area contributed by atoms with Gasteiger partial charge in [-0.1, -0.05) is 12.1 Å². The van der Waals surface area contributed by atoms with Gasteiger partial charge in [0.05, 0.1) is 37.5 Å². The van der Waals surface area contributed by atoms with Crippen LogP contribution in [0.4, 0.5) is 0 Å². The molecule has 0 saturated carbocycles. The first kappa shape index (κ1) is 20.4. The lowest BCUT2D eigenvalue weighted by Crippen LogP contribution is -2.27. The minimum Gasteiger partial charge on any atom is -0.493 e. The van der Waals surface area contributed by atoms with Gasteiger partial charge in [-0.15, -0.1) is 11.3 Å². The van der Waals surface area contributed by atoms with Crippen LogP contribution in [-0.2, 0) is 20.7 Å². The zero-order chi connectivity index (χ0) is 18.6. The molecular weight excluding hydrogens is 352 g/mol. The average Bonchev–Trinajstić information content (AvgIpc) is 3.10. The summed E-state index contributed by atoms with van der Waals surface area (Å²) in [6, 6.07) is 7.81. The van der Waals surface area contributed by atoms with Crippen LogP contribution < -0.4 is 10.1 Å². The molecule has 7 heteroatoms. The van der Waals surface area contributed by atoms with Crippen molar-refractivity contribution in [3.8, 4) is 16.3 Å². The molecule has 2 aromatic rings. The standard InChI is InChI=1S/C19H26N2O4S/c1-3-25-17-8-5-4-7-16(17)19-21-15(14-26-19)13-18(22)20-9-6-10-24-12-11-23-2/h4-5,7-8,14H,3,6,9-13H2,1-2H3,(H,20,22). The fraction of sp³-hybridized carbons (Fsp3) is 0.474. The number of thiazole rings is 1. The fourth-order valence-electron chi connectivity index (χ4n) is 2.31. The maximum absolute atomic E-state index is 12.0. The first-order chi connectivity index (χ1) is 12.7. The van der Waals surface area contributed by atoms with E-state index < -0.39 is 0 Å². The van der Waals surface area contributed by atoms with Gasteiger partial charge >= 0.3 is 0 Å². The summed E-state index contributed by atoms with van der Waals surface area (Å²) in [7, 11) is 1.64. The van der Waals surface area contributed by atoms with Gasteiger partial charge in [0.25, 0.3) is 0 Å². The van der Waals surface area contributed by atoms with Crippen molar-refractivity contribution < 1.29 is 19.0 Å². The maximum atomic E-state index is 12.0. The third-order valence-electron chi connectivity index (χ3n) is 3.53. The molecule has 0 aliphatic heterocycles. The van der Waals surface area contributed by atoms with Crippen molar-refractivity contribution in [1.29, 1.82) is 0 Å². The van der Waals surface area contributed by atoms with Crippen LogP contribution in [0, 0.1) is 0 Å². The third kappa shape index (κ3) is 6.74. The summed E-state index contributed by atoms with van der Waals surface area (Å²) in [6.07, 6.45) is 1.05. The van der Waals surface area contributed by atoms with E-state index in [4.69, 9.17) is 14.2 Å². The summed E-state index contributed by atoms with van der Waals surface area (Å²) in [5.41, 5.74) is 1.73. The average molecular weight is 378 g/mol. The van der Waals surface area contributed by atoms with Crippen LogP contribution in [0.5, 0.6) is 5.75 Å². The Balaban J connectivity index is 1.78. The predicted octanol–water partition coefficient (Wildman–Crippen LogP) is 2.92. The number of carbonyl (C=O) groups excluding carboxylic acids is 1. The number of methoxy groups -OCH3 is 1. The minimum absolute atomic E-state index is 0.0307. The molecule has 1 aromatic carbocycles. The molecule has 142 valence electrons. The van der Waals surface area contributed by atoms with E-state index in [2.05, 4.69) is 10.3 Å². The van der Waals surface area contributed by atoms with Crippen LogP contribution in [-0.4, -0.2) is 51.0 Å². The third-order valence-corrected chi connectivity index (χ3v) is 4.45. The van der Waals surface area contributed by atoms with E-state index in [0.29, 0.717) is 33.0 Å². The zero-order valence-corrected chi connectivity index (χ0v) is 16.1. The van der Waals surface area contributed by atoms with Gasteiger partial charge in [-0.05, 0) is 25.5 Å². The molecule has 26 heavy (non-hydrogen) atoms. The molecule has 6 nitrogen and oxygen atoms in total. The van der Waals surface area contributed by atoms with Crippen molar-refractivity contribution in [2.24, 2.45) is 0 Å². The Hall–Kier alpha value is -1.96. The number of ether oxygens (including phenoxy) is 3. The Morgan fingerprint density at radius 1 is 1.23 bits per heavy atom. The van der Waals surface area contributed by atoms with Crippen molar-refractivity contribution >= 4 is 17.2 Å². The highest BCUT2D eigenvalue weighted by Gasteiger charge is 2.12. The molecule has 0 spiro atoms. The Morgan fingerprint density at radius 2 is 2.08 bits per heavy atom.